The molecule has 0 unspecified atom stereocenters. The summed E-state index contributed by atoms with van der Waals surface area (Å²) < 4.78 is 294. The second kappa shape index (κ2) is 13.4. The summed E-state index contributed by atoms with van der Waals surface area (Å²) in [5.74, 6) is -71.4. The molecule has 0 aliphatic heterocycles. The van der Waals surface area contributed by atoms with E-state index in [1.165, 1.54) is 0 Å². The zero-order chi connectivity index (χ0) is 37.9. The van der Waals surface area contributed by atoms with E-state index in [2.05, 4.69) is 0 Å². The van der Waals surface area contributed by atoms with E-state index in [0.717, 1.165) is 0 Å². The molecule has 4 aromatic carbocycles. The molecular formula is C27H8BF20O-. The summed E-state index contributed by atoms with van der Waals surface area (Å²) in [5.41, 5.74) is -14.3. The van der Waals surface area contributed by atoms with Crippen LogP contribution in [0.5, 0.6) is 0 Å². The monoisotopic (exact) mass is 739 g/mol. The van der Waals surface area contributed by atoms with Crippen LogP contribution >= 0.6 is 0 Å². The minimum Gasteiger partial charge on any atom is -0.394 e. The smallest absolute Gasteiger partial charge is 0.200 e. The largest absolute Gasteiger partial charge is 0.394 e. The summed E-state index contributed by atoms with van der Waals surface area (Å²) in [4.78, 5) is 0. The molecule has 0 atom stereocenters. The zero-order valence-electron chi connectivity index (χ0n) is 23.2. The van der Waals surface area contributed by atoms with Gasteiger partial charge in [0.2, 0.25) is 0 Å². The molecular weight excluding hydrogens is 731 g/mol. The molecule has 0 saturated heterocycles. The van der Waals surface area contributed by atoms with Crippen molar-refractivity contribution in [2.45, 2.75) is 20.0 Å². The van der Waals surface area contributed by atoms with Gasteiger partial charge in [0, 0.05) is 6.10 Å². The Kier molecular flexibility index (Phi) is 10.7. The van der Waals surface area contributed by atoms with Gasteiger partial charge in [-0.1, -0.05) is 0 Å². The van der Waals surface area contributed by atoms with Gasteiger partial charge in [-0.3, -0.25) is 0 Å². The third-order valence-electron chi connectivity index (χ3n) is 6.71. The summed E-state index contributed by atoms with van der Waals surface area (Å²) in [6.07, 6.45) is -7.38. The normalized spacial score (nSPS) is 11.8. The highest BCUT2D eigenvalue weighted by Crippen LogP contribution is 2.30. The summed E-state index contributed by atoms with van der Waals surface area (Å²) in [7, 11) is 0. The number of rotatable bonds is 4. The van der Waals surface area contributed by atoms with Crippen molar-refractivity contribution in [2.75, 3.05) is 0 Å². The van der Waals surface area contributed by atoms with Gasteiger partial charge in [0.15, 0.2) is 69.8 Å². The molecule has 0 saturated carbocycles. The molecule has 4 aromatic rings. The Morgan fingerprint density at radius 3 is 0.449 bits per heavy atom. The molecule has 0 aromatic heterocycles. The predicted octanol–water partition coefficient (Wildman–Crippen LogP) is 6.23. The lowest BCUT2D eigenvalue weighted by atomic mass is 9.12. The van der Waals surface area contributed by atoms with Crippen molar-refractivity contribution in [1.29, 1.82) is 0 Å². The number of hydrogen-bond acceptors (Lipinski definition) is 1. The minimum atomic E-state index is -7.22. The highest BCUT2D eigenvalue weighted by atomic mass is 19.2. The maximum absolute atomic E-state index is 15.4. The van der Waals surface area contributed by atoms with Crippen molar-refractivity contribution < 1.29 is 92.9 Å². The molecule has 0 amide bonds. The van der Waals surface area contributed by atoms with E-state index >= 15 is 35.1 Å². The van der Waals surface area contributed by atoms with Crippen LogP contribution in [0.15, 0.2) is 0 Å². The number of hydrogen-bond donors (Lipinski definition) is 1. The van der Waals surface area contributed by atoms with E-state index in [1.807, 2.05) is 0 Å². The molecule has 0 radical (unpaired) electrons. The Morgan fingerprint density at radius 2 is 0.347 bits per heavy atom. The molecule has 49 heavy (non-hydrogen) atoms. The number of halogens is 20. The number of benzene rings is 4. The molecule has 0 bridgehead atoms. The topological polar surface area (TPSA) is 20.2 Å². The molecule has 0 fully saturated rings. The van der Waals surface area contributed by atoms with Crippen LogP contribution in [-0.2, 0) is 0 Å². The Hall–Kier alpha value is -4.50. The van der Waals surface area contributed by atoms with Crippen molar-refractivity contribution in [3.8, 4) is 0 Å². The van der Waals surface area contributed by atoms with E-state index in [0.29, 0.717) is 0 Å². The van der Waals surface area contributed by atoms with E-state index in [1.54, 1.807) is 13.8 Å². The first-order valence-corrected chi connectivity index (χ1v) is 12.3. The average molecular weight is 739 g/mol. The summed E-state index contributed by atoms with van der Waals surface area (Å²) in [5, 5.41) is 8.06. The summed E-state index contributed by atoms with van der Waals surface area (Å²) >= 11 is 0. The van der Waals surface area contributed by atoms with Crippen LogP contribution in [0.3, 0.4) is 0 Å². The first-order chi connectivity index (χ1) is 22.4. The molecule has 0 spiro atoms. The van der Waals surface area contributed by atoms with Crippen molar-refractivity contribution in [2.24, 2.45) is 0 Å². The fraction of sp³-hybridized carbons (Fsp3) is 0.111. The first kappa shape index (κ1) is 38.9. The van der Waals surface area contributed by atoms with Crippen molar-refractivity contribution in [3.63, 3.8) is 0 Å². The number of aliphatic hydroxyl groups is 1. The van der Waals surface area contributed by atoms with Gasteiger partial charge in [-0.15, -0.1) is 21.9 Å². The molecule has 266 valence electrons. The first-order valence-electron chi connectivity index (χ1n) is 12.3. The van der Waals surface area contributed by atoms with Gasteiger partial charge in [0.05, 0.1) is 0 Å². The molecule has 0 heterocycles. The van der Waals surface area contributed by atoms with Crippen LogP contribution in [-0.4, -0.2) is 17.4 Å². The van der Waals surface area contributed by atoms with Gasteiger partial charge < -0.3 is 5.11 Å². The van der Waals surface area contributed by atoms with Crippen LogP contribution in [0, 0.1) is 116 Å². The second-order valence-corrected chi connectivity index (χ2v) is 9.89. The average Bonchev–Trinajstić information content (AvgIpc) is 3.04. The van der Waals surface area contributed by atoms with Crippen LogP contribution in [0.1, 0.15) is 13.8 Å². The lowest BCUT2D eigenvalue weighted by Gasteiger charge is -2.44. The van der Waals surface area contributed by atoms with Crippen molar-refractivity contribution >= 4 is 28.0 Å². The second-order valence-electron chi connectivity index (χ2n) is 9.89. The van der Waals surface area contributed by atoms with E-state index in [4.69, 9.17) is 5.11 Å². The van der Waals surface area contributed by atoms with Crippen molar-refractivity contribution in [1.82, 2.24) is 0 Å². The SMILES string of the molecule is CC(C)O.Fc1c(F)c(F)c([B-](c2c(F)c(F)c(F)c(F)c2F)(c2c(F)c(F)c(F)c(F)c2F)c2c(F)c(F)c(F)c(F)c2F)c(F)c1F. The van der Waals surface area contributed by atoms with Gasteiger partial charge in [0.25, 0.3) is 0 Å². The van der Waals surface area contributed by atoms with E-state index < -0.39 is 144 Å². The fourth-order valence-corrected chi connectivity index (χ4v) is 4.87. The minimum absolute atomic E-state index is 0.167. The summed E-state index contributed by atoms with van der Waals surface area (Å²) in [6, 6.07) is 0. The summed E-state index contributed by atoms with van der Waals surface area (Å²) in [6.45, 7) is 3.44. The van der Waals surface area contributed by atoms with Gasteiger partial charge in [-0.25, -0.2) is 87.8 Å². The lowest BCUT2D eigenvalue weighted by molar-refractivity contribution is 0.216. The van der Waals surface area contributed by atoms with E-state index in [-0.39, 0.29) is 6.10 Å². The van der Waals surface area contributed by atoms with Gasteiger partial charge in [-0.2, -0.15) is 0 Å². The highest BCUT2D eigenvalue weighted by Gasteiger charge is 2.52. The highest BCUT2D eigenvalue weighted by molar-refractivity contribution is 7.20. The zero-order valence-corrected chi connectivity index (χ0v) is 23.2. The molecule has 1 nitrogen and oxygen atoms in total. The molecule has 1 N–H and O–H groups in total. The lowest BCUT2D eigenvalue weighted by Crippen LogP contribution is -2.81. The van der Waals surface area contributed by atoms with Crippen molar-refractivity contribution in [3.05, 3.63) is 116 Å². The Balaban J connectivity index is 0.00000154. The molecule has 0 aliphatic carbocycles. The number of aliphatic hydroxyl groups excluding tert-OH is 1. The van der Waals surface area contributed by atoms with Gasteiger partial charge in [0.1, 0.15) is 52.7 Å². The molecule has 22 heteroatoms. The van der Waals surface area contributed by atoms with Crippen LogP contribution in [0.25, 0.3) is 0 Å². The predicted molar refractivity (Wildman–Crippen MR) is 127 cm³/mol. The van der Waals surface area contributed by atoms with E-state index in [9.17, 15) is 52.7 Å². The van der Waals surface area contributed by atoms with Crippen LogP contribution in [0.4, 0.5) is 87.8 Å². The standard InChI is InChI=1S/C24BF20.C3H8O/c26-5-1(6(27)14(35)21(42)13(5)34)25(2-7(28)15(36)22(43)16(37)8(2)29,3-9(30)17(38)23(44)18(39)10(3)31)4-11(32)19(40)24(45)20(41)12(4)33;1-3(2)4/h;3-4H,1-2H3/q-1;. The van der Waals surface area contributed by atoms with Crippen LogP contribution in [0.2, 0.25) is 0 Å². The Labute approximate surface area is 257 Å². The fourth-order valence-electron chi connectivity index (χ4n) is 4.87. The van der Waals surface area contributed by atoms with Gasteiger partial charge >= 0.3 is 0 Å². The maximum Gasteiger partial charge on any atom is 0.200 e. The Bertz CT molecular complexity index is 1630. The molecule has 0 aliphatic rings. The quantitative estimate of drug-likeness (QED) is 0.114. The molecule has 4 rings (SSSR count). The third-order valence-corrected chi connectivity index (χ3v) is 6.71. The van der Waals surface area contributed by atoms with Gasteiger partial charge in [-0.05, 0) is 13.8 Å². The maximum atomic E-state index is 15.4. The third kappa shape index (κ3) is 5.62. The van der Waals surface area contributed by atoms with Crippen LogP contribution < -0.4 is 21.9 Å². The Morgan fingerprint density at radius 1 is 0.265 bits per heavy atom.